The molecule has 0 saturated carbocycles. The molecule has 21 heavy (non-hydrogen) atoms. The number of benzene rings is 1. The highest BCUT2D eigenvalue weighted by Crippen LogP contribution is 2.32. The van der Waals surface area contributed by atoms with Crippen molar-refractivity contribution in [3.8, 4) is 11.3 Å². The summed E-state index contributed by atoms with van der Waals surface area (Å²) in [5, 5.41) is 3.36. The summed E-state index contributed by atoms with van der Waals surface area (Å²) in [5.41, 5.74) is 4.81. The predicted molar refractivity (Wildman–Crippen MR) is 89.7 cm³/mol. The molecule has 2 rings (SSSR count). The van der Waals surface area contributed by atoms with Gasteiger partial charge in [0.05, 0.1) is 5.69 Å². The molecular weight excluding hydrogens is 258 g/mol. The first-order chi connectivity index (χ1) is 10.2. The standard InChI is InChI=1S/C18H25N3/c1-5-8-14-9-7-10-15(11-14)17-16(13(3)4)18(19-6-2)21-12-20-17/h7,9-13H,5-6,8H2,1-4H3,(H,19,20,21). The topological polar surface area (TPSA) is 37.8 Å². The van der Waals surface area contributed by atoms with E-state index in [0.29, 0.717) is 5.92 Å². The van der Waals surface area contributed by atoms with E-state index in [0.717, 1.165) is 30.9 Å². The van der Waals surface area contributed by atoms with Crippen LogP contribution < -0.4 is 5.32 Å². The van der Waals surface area contributed by atoms with Gasteiger partial charge in [-0.2, -0.15) is 0 Å². The summed E-state index contributed by atoms with van der Waals surface area (Å²) < 4.78 is 0. The van der Waals surface area contributed by atoms with Gasteiger partial charge in [0, 0.05) is 17.7 Å². The van der Waals surface area contributed by atoms with Crippen LogP contribution in [0.4, 0.5) is 5.82 Å². The molecule has 1 N–H and O–H groups in total. The lowest BCUT2D eigenvalue weighted by atomic mass is 9.96. The summed E-state index contributed by atoms with van der Waals surface area (Å²) in [6.45, 7) is 9.55. The van der Waals surface area contributed by atoms with Crippen LogP contribution in [0.15, 0.2) is 30.6 Å². The average molecular weight is 283 g/mol. The third-order valence-corrected chi connectivity index (χ3v) is 3.54. The third kappa shape index (κ3) is 3.60. The Hall–Kier alpha value is -1.90. The number of anilines is 1. The zero-order chi connectivity index (χ0) is 15.2. The number of nitrogens with zero attached hydrogens (tertiary/aromatic N) is 2. The van der Waals surface area contributed by atoms with Gasteiger partial charge in [-0.05, 0) is 30.9 Å². The zero-order valence-corrected chi connectivity index (χ0v) is 13.5. The Morgan fingerprint density at radius 1 is 1.14 bits per heavy atom. The van der Waals surface area contributed by atoms with E-state index in [1.54, 1.807) is 6.33 Å². The third-order valence-electron chi connectivity index (χ3n) is 3.54. The van der Waals surface area contributed by atoms with Crippen LogP contribution in [0.5, 0.6) is 0 Å². The quantitative estimate of drug-likeness (QED) is 0.838. The van der Waals surface area contributed by atoms with Crippen LogP contribution in [-0.4, -0.2) is 16.5 Å². The molecule has 1 heterocycles. The van der Waals surface area contributed by atoms with Crippen LogP contribution >= 0.6 is 0 Å². The van der Waals surface area contributed by atoms with Crippen molar-refractivity contribution < 1.29 is 0 Å². The largest absolute Gasteiger partial charge is 0.370 e. The van der Waals surface area contributed by atoms with Crippen LogP contribution in [-0.2, 0) is 6.42 Å². The number of rotatable bonds is 6. The highest BCUT2D eigenvalue weighted by molar-refractivity contribution is 5.69. The fourth-order valence-corrected chi connectivity index (χ4v) is 2.64. The zero-order valence-electron chi connectivity index (χ0n) is 13.5. The minimum Gasteiger partial charge on any atom is -0.370 e. The number of hydrogen-bond donors (Lipinski definition) is 1. The minimum atomic E-state index is 0.380. The van der Waals surface area contributed by atoms with Gasteiger partial charge in [0.1, 0.15) is 12.1 Å². The van der Waals surface area contributed by atoms with Gasteiger partial charge in [0.2, 0.25) is 0 Å². The highest BCUT2D eigenvalue weighted by Gasteiger charge is 2.16. The van der Waals surface area contributed by atoms with Gasteiger partial charge in [-0.1, -0.05) is 45.4 Å². The second-order valence-electron chi connectivity index (χ2n) is 5.62. The van der Waals surface area contributed by atoms with Crippen molar-refractivity contribution in [3.05, 3.63) is 41.7 Å². The van der Waals surface area contributed by atoms with Crippen molar-refractivity contribution in [1.29, 1.82) is 0 Å². The molecule has 1 aromatic heterocycles. The van der Waals surface area contributed by atoms with Crippen molar-refractivity contribution in [2.24, 2.45) is 0 Å². The summed E-state index contributed by atoms with van der Waals surface area (Å²) in [4.78, 5) is 8.98. The summed E-state index contributed by atoms with van der Waals surface area (Å²) in [7, 11) is 0. The van der Waals surface area contributed by atoms with E-state index >= 15 is 0 Å². The molecule has 0 unspecified atom stereocenters. The SMILES string of the molecule is CCCc1cccc(-c2ncnc(NCC)c2C(C)C)c1. The molecule has 0 spiro atoms. The molecule has 3 nitrogen and oxygen atoms in total. The number of aryl methyl sites for hydroxylation is 1. The lowest BCUT2D eigenvalue weighted by molar-refractivity contribution is 0.849. The molecule has 0 atom stereocenters. The van der Waals surface area contributed by atoms with Gasteiger partial charge in [0.25, 0.3) is 0 Å². The molecule has 112 valence electrons. The van der Waals surface area contributed by atoms with Gasteiger partial charge in [-0.3, -0.25) is 0 Å². The minimum absolute atomic E-state index is 0.380. The molecular formula is C18H25N3. The first kappa shape index (κ1) is 15.5. The molecule has 2 aromatic rings. The maximum atomic E-state index is 4.56. The van der Waals surface area contributed by atoms with E-state index < -0.39 is 0 Å². The smallest absolute Gasteiger partial charge is 0.133 e. The van der Waals surface area contributed by atoms with Crippen LogP contribution in [0.1, 0.15) is 51.2 Å². The van der Waals surface area contributed by atoms with Crippen molar-refractivity contribution in [2.75, 3.05) is 11.9 Å². The molecule has 0 aliphatic heterocycles. The average Bonchev–Trinajstić information content (AvgIpc) is 2.48. The molecule has 0 fully saturated rings. The summed E-state index contributed by atoms with van der Waals surface area (Å²) >= 11 is 0. The summed E-state index contributed by atoms with van der Waals surface area (Å²) in [6.07, 6.45) is 3.93. The molecule has 0 amide bonds. The first-order valence-electron chi connectivity index (χ1n) is 7.85. The lowest BCUT2D eigenvalue weighted by Gasteiger charge is -2.17. The molecule has 0 bridgehead atoms. The first-order valence-corrected chi connectivity index (χ1v) is 7.85. The van der Waals surface area contributed by atoms with Gasteiger partial charge in [-0.25, -0.2) is 9.97 Å². The summed E-state index contributed by atoms with van der Waals surface area (Å²) in [6, 6.07) is 8.71. The number of aromatic nitrogens is 2. The maximum absolute atomic E-state index is 4.56. The van der Waals surface area contributed by atoms with Crippen molar-refractivity contribution in [1.82, 2.24) is 9.97 Å². The predicted octanol–water partition coefficient (Wildman–Crippen LogP) is 4.65. The van der Waals surface area contributed by atoms with Gasteiger partial charge >= 0.3 is 0 Å². The monoisotopic (exact) mass is 283 g/mol. The second-order valence-corrected chi connectivity index (χ2v) is 5.62. The maximum Gasteiger partial charge on any atom is 0.133 e. The van der Waals surface area contributed by atoms with Crippen molar-refractivity contribution in [2.45, 2.75) is 46.5 Å². The number of nitrogens with one attached hydrogen (secondary N) is 1. The van der Waals surface area contributed by atoms with Gasteiger partial charge < -0.3 is 5.32 Å². The van der Waals surface area contributed by atoms with E-state index in [2.05, 4.69) is 67.2 Å². The van der Waals surface area contributed by atoms with E-state index in [4.69, 9.17) is 0 Å². The molecule has 0 saturated heterocycles. The Morgan fingerprint density at radius 3 is 2.62 bits per heavy atom. The highest BCUT2D eigenvalue weighted by atomic mass is 15.0. The van der Waals surface area contributed by atoms with Gasteiger partial charge in [0.15, 0.2) is 0 Å². The molecule has 1 aromatic carbocycles. The second kappa shape index (κ2) is 7.21. The number of hydrogen-bond acceptors (Lipinski definition) is 3. The fourth-order valence-electron chi connectivity index (χ4n) is 2.64. The van der Waals surface area contributed by atoms with E-state index in [-0.39, 0.29) is 0 Å². The van der Waals surface area contributed by atoms with Crippen LogP contribution in [0.3, 0.4) is 0 Å². The lowest BCUT2D eigenvalue weighted by Crippen LogP contribution is -2.07. The van der Waals surface area contributed by atoms with Crippen LogP contribution in [0.25, 0.3) is 11.3 Å². The fraction of sp³-hybridized carbons (Fsp3) is 0.444. The van der Waals surface area contributed by atoms with E-state index in [1.165, 1.54) is 16.7 Å². The Labute approximate surface area is 127 Å². The summed E-state index contributed by atoms with van der Waals surface area (Å²) in [5.74, 6) is 1.34. The van der Waals surface area contributed by atoms with E-state index in [1.807, 2.05) is 0 Å². The van der Waals surface area contributed by atoms with Crippen LogP contribution in [0, 0.1) is 0 Å². The Balaban J connectivity index is 2.52. The Bertz CT molecular complexity index is 591. The van der Waals surface area contributed by atoms with Crippen molar-refractivity contribution >= 4 is 5.82 Å². The molecule has 0 radical (unpaired) electrons. The molecule has 0 aliphatic carbocycles. The van der Waals surface area contributed by atoms with Gasteiger partial charge in [-0.15, -0.1) is 0 Å². The Morgan fingerprint density at radius 2 is 1.95 bits per heavy atom. The normalized spacial score (nSPS) is 10.9. The van der Waals surface area contributed by atoms with E-state index in [9.17, 15) is 0 Å². The Kier molecular flexibility index (Phi) is 5.32. The molecule has 0 aliphatic rings. The van der Waals surface area contributed by atoms with Crippen LogP contribution in [0.2, 0.25) is 0 Å². The molecule has 3 heteroatoms. The van der Waals surface area contributed by atoms with Crippen molar-refractivity contribution in [3.63, 3.8) is 0 Å².